The van der Waals surface area contributed by atoms with Gasteiger partial charge in [0.15, 0.2) is 0 Å². The summed E-state index contributed by atoms with van der Waals surface area (Å²) < 4.78 is 2.22. The number of hydrogen-bond acceptors (Lipinski definition) is 3. The van der Waals surface area contributed by atoms with Crippen LogP contribution in [0.1, 0.15) is 33.1 Å². The smallest absolute Gasteiger partial charge is 0.205 e. The molecule has 1 fully saturated rings. The Morgan fingerprint density at radius 1 is 1.35 bits per heavy atom. The molecular formula is C13H24N4. The second kappa shape index (κ2) is 6.05. The summed E-state index contributed by atoms with van der Waals surface area (Å²) in [6.07, 6.45) is 7.66. The van der Waals surface area contributed by atoms with Gasteiger partial charge in [-0.15, -0.1) is 0 Å². The SMILES string of the molecule is CCCNC1CCN(c2nccn2CC)CC1. The van der Waals surface area contributed by atoms with Crippen LogP contribution in [0.15, 0.2) is 12.4 Å². The minimum absolute atomic E-state index is 0.705. The molecular weight excluding hydrogens is 212 g/mol. The van der Waals surface area contributed by atoms with Gasteiger partial charge in [-0.3, -0.25) is 0 Å². The number of aryl methyl sites for hydroxylation is 1. The first kappa shape index (κ1) is 12.4. The van der Waals surface area contributed by atoms with E-state index in [0.29, 0.717) is 6.04 Å². The maximum atomic E-state index is 4.47. The molecule has 1 aliphatic rings. The molecule has 2 rings (SSSR count). The Balaban J connectivity index is 1.86. The molecule has 1 N–H and O–H groups in total. The second-order valence-electron chi connectivity index (χ2n) is 4.73. The van der Waals surface area contributed by atoms with Crippen LogP contribution in [0.3, 0.4) is 0 Å². The van der Waals surface area contributed by atoms with Crippen LogP contribution in [-0.4, -0.2) is 35.2 Å². The van der Waals surface area contributed by atoms with Crippen molar-refractivity contribution in [2.45, 2.75) is 45.7 Å². The largest absolute Gasteiger partial charge is 0.342 e. The number of rotatable bonds is 5. The van der Waals surface area contributed by atoms with Gasteiger partial charge in [-0.2, -0.15) is 0 Å². The summed E-state index contributed by atoms with van der Waals surface area (Å²) in [5.41, 5.74) is 0. The fourth-order valence-electron chi connectivity index (χ4n) is 2.46. The van der Waals surface area contributed by atoms with Crippen molar-refractivity contribution in [2.24, 2.45) is 0 Å². The lowest BCUT2D eigenvalue weighted by molar-refractivity contribution is 0.411. The van der Waals surface area contributed by atoms with E-state index in [1.807, 2.05) is 6.20 Å². The normalized spacial score (nSPS) is 17.6. The number of hydrogen-bond donors (Lipinski definition) is 1. The highest BCUT2D eigenvalue weighted by molar-refractivity contribution is 5.32. The van der Waals surface area contributed by atoms with Crippen LogP contribution in [-0.2, 0) is 6.54 Å². The van der Waals surface area contributed by atoms with Crippen LogP contribution < -0.4 is 10.2 Å². The van der Waals surface area contributed by atoms with E-state index < -0.39 is 0 Å². The third kappa shape index (κ3) is 3.00. The van der Waals surface area contributed by atoms with Gasteiger partial charge in [0.25, 0.3) is 0 Å². The number of anilines is 1. The minimum Gasteiger partial charge on any atom is -0.342 e. The van der Waals surface area contributed by atoms with Crippen LogP contribution in [0.4, 0.5) is 5.95 Å². The highest BCUT2D eigenvalue weighted by Crippen LogP contribution is 2.18. The molecule has 0 unspecified atom stereocenters. The van der Waals surface area contributed by atoms with Crippen LogP contribution in [0.25, 0.3) is 0 Å². The number of nitrogens with one attached hydrogen (secondary N) is 1. The van der Waals surface area contributed by atoms with E-state index in [-0.39, 0.29) is 0 Å². The standard InChI is InChI=1S/C13H24N4/c1-3-7-14-12-5-9-17(10-6-12)13-15-8-11-16(13)4-2/h8,11-12,14H,3-7,9-10H2,1-2H3. The Morgan fingerprint density at radius 2 is 2.12 bits per heavy atom. The Bertz CT molecular complexity index is 326. The first-order valence-electron chi connectivity index (χ1n) is 6.84. The highest BCUT2D eigenvalue weighted by atomic mass is 15.3. The Labute approximate surface area is 104 Å². The monoisotopic (exact) mass is 236 g/mol. The predicted octanol–water partition coefficient (Wildman–Crippen LogP) is 1.87. The highest BCUT2D eigenvalue weighted by Gasteiger charge is 2.20. The van der Waals surface area contributed by atoms with Gasteiger partial charge in [-0.05, 0) is 32.7 Å². The number of piperidine rings is 1. The molecule has 0 spiro atoms. The molecule has 4 nitrogen and oxygen atoms in total. The van der Waals surface area contributed by atoms with E-state index >= 15 is 0 Å². The third-order valence-corrected chi connectivity index (χ3v) is 3.50. The molecule has 4 heteroatoms. The summed E-state index contributed by atoms with van der Waals surface area (Å²) in [5.74, 6) is 1.14. The summed E-state index contributed by atoms with van der Waals surface area (Å²) in [5, 5.41) is 3.61. The van der Waals surface area contributed by atoms with E-state index in [0.717, 1.165) is 32.1 Å². The van der Waals surface area contributed by atoms with Crippen molar-refractivity contribution in [3.05, 3.63) is 12.4 Å². The Morgan fingerprint density at radius 3 is 2.76 bits per heavy atom. The fraction of sp³-hybridized carbons (Fsp3) is 0.769. The molecule has 1 aromatic rings. The second-order valence-corrected chi connectivity index (χ2v) is 4.73. The summed E-state index contributed by atoms with van der Waals surface area (Å²) in [6.45, 7) is 8.79. The number of nitrogens with zero attached hydrogens (tertiary/aromatic N) is 3. The van der Waals surface area contributed by atoms with Crippen LogP contribution in [0.2, 0.25) is 0 Å². The molecule has 0 radical (unpaired) electrons. The summed E-state index contributed by atoms with van der Waals surface area (Å²) in [7, 11) is 0. The molecule has 0 saturated carbocycles. The molecule has 2 heterocycles. The van der Waals surface area contributed by atoms with Crippen molar-refractivity contribution < 1.29 is 0 Å². The fourth-order valence-corrected chi connectivity index (χ4v) is 2.46. The van der Waals surface area contributed by atoms with Gasteiger partial charge >= 0.3 is 0 Å². The van der Waals surface area contributed by atoms with Gasteiger partial charge < -0.3 is 14.8 Å². The molecule has 17 heavy (non-hydrogen) atoms. The average molecular weight is 236 g/mol. The van der Waals surface area contributed by atoms with E-state index in [4.69, 9.17) is 0 Å². The summed E-state index contributed by atoms with van der Waals surface area (Å²) in [6, 6.07) is 0.705. The zero-order valence-corrected chi connectivity index (χ0v) is 11.0. The lowest BCUT2D eigenvalue weighted by atomic mass is 10.1. The minimum atomic E-state index is 0.705. The number of imidazole rings is 1. The predicted molar refractivity (Wildman–Crippen MR) is 71.4 cm³/mol. The summed E-state index contributed by atoms with van der Waals surface area (Å²) in [4.78, 5) is 6.88. The van der Waals surface area contributed by atoms with E-state index in [9.17, 15) is 0 Å². The van der Waals surface area contributed by atoms with Crippen molar-refractivity contribution >= 4 is 5.95 Å². The van der Waals surface area contributed by atoms with Crippen molar-refractivity contribution in [3.63, 3.8) is 0 Å². The molecule has 0 aromatic carbocycles. The lowest BCUT2D eigenvalue weighted by Crippen LogP contribution is -2.43. The average Bonchev–Trinajstić information content (AvgIpc) is 2.85. The molecule has 1 saturated heterocycles. The van der Waals surface area contributed by atoms with Crippen LogP contribution in [0, 0.1) is 0 Å². The Hall–Kier alpha value is -1.03. The van der Waals surface area contributed by atoms with Gasteiger partial charge in [0.2, 0.25) is 5.95 Å². The van der Waals surface area contributed by atoms with Gasteiger partial charge in [0.05, 0.1) is 0 Å². The van der Waals surface area contributed by atoms with Gasteiger partial charge in [-0.1, -0.05) is 6.92 Å². The van der Waals surface area contributed by atoms with Gasteiger partial charge in [-0.25, -0.2) is 4.98 Å². The Kier molecular flexibility index (Phi) is 4.42. The van der Waals surface area contributed by atoms with Crippen LogP contribution in [0.5, 0.6) is 0 Å². The zero-order chi connectivity index (χ0) is 12.1. The van der Waals surface area contributed by atoms with E-state index in [1.165, 1.54) is 19.3 Å². The lowest BCUT2D eigenvalue weighted by Gasteiger charge is -2.33. The zero-order valence-electron chi connectivity index (χ0n) is 11.0. The first-order valence-corrected chi connectivity index (χ1v) is 6.84. The molecule has 96 valence electrons. The number of aromatic nitrogens is 2. The quantitative estimate of drug-likeness (QED) is 0.847. The molecule has 0 amide bonds. The molecule has 0 aliphatic carbocycles. The summed E-state index contributed by atoms with van der Waals surface area (Å²) >= 11 is 0. The van der Waals surface area contributed by atoms with Gasteiger partial charge in [0, 0.05) is 38.1 Å². The molecule has 0 atom stereocenters. The topological polar surface area (TPSA) is 33.1 Å². The third-order valence-electron chi connectivity index (χ3n) is 3.50. The van der Waals surface area contributed by atoms with Crippen LogP contribution >= 0.6 is 0 Å². The van der Waals surface area contributed by atoms with E-state index in [1.54, 1.807) is 0 Å². The maximum absolute atomic E-state index is 4.47. The van der Waals surface area contributed by atoms with Gasteiger partial charge in [0.1, 0.15) is 0 Å². The van der Waals surface area contributed by atoms with Crippen molar-refractivity contribution in [1.29, 1.82) is 0 Å². The van der Waals surface area contributed by atoms with Crippen molar-refractivity contribution in [3.8, 4) is 0 Å². The maximum Gasteiger partial charge on any atom is 0.205 e. The molecule has 0 bridgehead atoms. The van der Waals surface area contributed by atoms with Crippen molar-refractivity contribution in [2.75, 3.05) is 24.5 Å². The van der Waals surface area contributed by atoms with Crippen molar-refractivity contribution in [1.82, 2.24) is 14.9 Å². The molecule has 1 aliphatic heterocycles. The van der Waals surface area contributed by atoms with E-state index in [2.05, 4.69) is 39.8 Å². The first-order chi connectivity index (χ1) is 8.35. The molecule has 1 aromatic heterocycles.